The largest absolute Gasteiger partial charge is 0.497 e. The predicted octanol–water partition coefficient (Wildman–Crippen LogP) is 3.59. The molecule has 0 aromatic heterocycles. The summed E-state index contributed by atoms with van der Waals surface area (Å²) in [6.45, 7) is 4.89. The SMILES string of the molecule is COc1cccc(N(Cc2cc(C)ccc2C)C2=N[C@H]3CS(=O)(=O)C[C@@H]3S2)c1. The van der Waals surface area contributed by atoms with Crippen LogP contribution in [-0.4, -0.2) is 43.5 Å². The van der Waals surface area contributed by atoms with Gasteiger partial charge in [-0.1, -0.05) is 41.6 Å². The van der Waals surface area contributed by atoms with Crippen LogP contribution in [0.4, 0.5) is 5.69 Å². The van der Waals surface area contributed by atoms with E-state index in [0.717, 1.165) is 16.6 Å². The van der Waals surface area contributed by atoms with Crippen LogP contribution in [0, 0.1) is 13.8 Å². The van der Waals surface area contributed by atoms with E-state index in [4.69, 9.17) is 9.73 Å². The average molecular weight is 417 g/mol. The average Bonchev–Trinajstić information content (AvgIpc) is 3.15. The molecule has 28 heavy (non-hydrogen) atoms. The van der Waals surface area contributed by atoms with Crippen molar-refractivity contribution >= 4 is 32.5 Å². The van der Waals surface area contributed by atoms with Crippen LogP contribution in [-0.2, 0) is 16.4 Å². The van der Waals surface area contributed by atoms with Crippen LogP contribution >= 0.6 is 11.8 Å². The maximum atomic E-state index is 11.9. The van der Waals surface area contributed by atoms with Gasteiger partial charge in [-0.05, 0) is 37.1 Å². The Morgan fingerprint density at radius 3 is 2.75 bits per heavy atom. The van der Waals surface area contributed by atoms with E-state index in [0.29, 0.717) is 6.54 Å². The first-order chi connectivity index (χ1) is 13.3. The molecule has 7 heteroatoms. The zero-order chi connectivity index (χ0) is 19.9. The first kappa shape index (κ1) is 19.3. The molecule has 0 radical (unpaired) electrons. The van der Waals surface area contributed by atoms with E-state index >= 15 is 0 Å². The summed E-state index contributed by atoms with van der Waals surface area (Å²) in [6.07, 6.45) is 0. The summed E-state index contributed by atoms with van der Waals surface area (Å²) < 4.78 is 29.3. The topological polar surface area (TPSA) is 59.0 Å². The Kier molecular flexibility index (Phi) is 5.14. The van der Waals surface area contributed by atoms with Gasteiger partial charge in [0.15, 0.2) is 15.0 Å². The quantitative estimate of drug-likeness (QED) is 0.762. The van der Waals surface area contributed by atoms with Gasteiger partial charge in [-0.15, -0.1) is 0 Å². The maximum absolute atomic E-state index is 11.9. The van der Waals surface area contributed by atoms with Crippen molar-refractivity contribution in [2.75, 3.05) is 23.5 Å². The minimum Gasteiger partial charge on any atom is -0.497 e. The first-order valence-electron chi connectivity index (χ1n) is 9.27. The number of methoxy groups -OCH3 is 1. The summed E-state index contributed by atoms with van der Waals surface area (Å²) >= 11 is 1.59. The second kappa shape index (κ2) is 7.44. The van der Waals surface area contributed by atoms with Crippen LogP contribution in [0.3, 0.4) is 0 Å². The highest BCUT2D eigenvalue weighted by molar-refractivity contribution is 8.15. The normalized spacial score (nSPS) is 22.6. The molecule has 2 atom stereocenters. The summed E-state index contributed by atoms with van der Waals surface area (Å²) in [5.74, 6) is 1.16. The molecule has 0 amide bonds. The van der Waals surface area contributed by atoms with Crippen molar-refractivity contribution in [1.82, 2.24) is 0 Å². The first-order valence-corrected chi connectivity index (χ1v) is 12.0. The standard InChI is InChI=1S/C21H24N2O3S2/c1-14-7-8-15(2)16(9-14)11-23(17-5-4-6-18(10-17)26-3)21-22-19-12-28(24,25)13-20(19)27-21/h4-10,19-20H,11-13H2,1-3H3/t19-,20-/m0/s1. The molecule has 0 aliphatic carbocycles. The number of amidine groups is 1. The van der Waals surface area contributed by atoms with E-state index in [1.807, 2.05) is 24.3 Å². The third-order valence-electron chi connectivity index (χ3n) is 5.23. The van der Waals surface area contributed by atoms with Gasteiger partial charge in [-0.2, -0.15) is 0 Å². The van der Waals surface area contributed by atoms with Crippen LogP contribution in [0.5, 0.6) is 5.75 Å². The zero-order valence-corrected chi connectivity index (χ0v) is 17.9. The lowest BCUT2D eigenvalue weighted by atomic mass is 10.1. The van der Waals surface area contributed by atoms with Crippen molar-refractivity contribution in [3.63, 3.8) is 0 Å². The van der Waals surface area contributed by atoms with Crippen molar-refractivity contribution in [2.24, 2.45) is 4.99 Å². The van der Waals surface area contributed by atoms with Crippen LogP contribution in [0.1, 0.15) is 16.7 Å². The number of fused-ring (bicyclic) bond motifs is 1. The van der Waals surface area contributed by atoms with Crippen LogP contribution in [0.15, 0.2) is 47.5 Å². The number of aryl methyl sites for hydroxylation is 2. The number of thioether (sulfide) groups is 1. The van der Waals surface area contributed by atoms with Gasteiger partial charge in [-0.25, -0.2) is 8.42 Å². The lowest BCUT2D eigenvalue weighted by Crippen LogP contribution is -2.28. The molecule has 2 aromatic carbocycles. The summed E-state index contributed by atoms with van der Waals surface area (Å²) in [6, 6.07) is 14.2. The molecular formula is C21H24N2O3S2. The molecule has 2 heterocycles. The molecule has 2 aliphatic rings. The van der Waals surface area contributed by atoms with E-state index in [9.17, 15) is 8.42 Å². The fourth-order valence-electron chi connectivity index (χ4n) is 3.66. The number of rotatable bonds is 4. The van der Waals surface area contributed by atoms with Crippen molar-refractivity contribution in [1.29, 1.82) is 0 Å². The van der Waals surface area contributed by atoms with E-state index in [2.05, 4.69) is 36.9 Å². The Morgan fingerprint density at radius 2 is 2.00 bits per heavy atom. The van der Waals surface area contributed by atoms with Gasteiger partial charge in [0, 0.05) is 17.0 Å². The highest BCUT2D eigenvalue weighted by Gasteiger charge is 2.44. The van der Waals surface area contributed by atoms with E-state index in [1.165, 1.54) is 16.7 Å². The zero-order valence-electron chi connectivity index (χ0n) is 16.3. The van der Waals surface area contributed by atoms with Crippen molar-refractivity contribution in [3.05, 3.63) is 59.2 Å². The van der Waals surface area contributed by atoms with E-state index < -0.39 is 9.84 Å². The molecule has 5 nitrogen and oxygen atoms in total. The molecule has 0 spiro atoms. The molecule has 1 fully saturated rings. The second-order valence-corrected chi connectivity index (χ2v) is 10.8. The second-order valence-electron chi connectivity index (χ2n) is 7.43. The lowest BCUT2D eigenvalue weighted by molar-refractivity contribution is 0.415. The molecule has 0 N–H and O–H groups in total. The third-order valence-corrected chi connectivity index (χ3v) is 8.48. The van der Waals surface area contributed by atoms with Gasteiger partial charge >= 0.3 is 0 Å². The Balaban J connectivity index is 1.71. The molecular weight excluding hydrogens is 392 g/mol. The van der Waals surface area contributed by atoms with Gasteiger partial charge in [0.05, 0.1) is 31.2 Å². The fraction of sp³-hybridized carbons (Fsp3) is 0.381. The van der Waals surface area contributed by atoms with Gasteiger partial charge < -0.3 is 9.64 Å². The number of ether oxygens (including phenoxy) is 1. The Labute approximate surface area is 170 Å². The number of aliphatic imine (C=N–C) groups is 1. The lowest BCUT2D eigenvalue weighted by Gasteiger charge is -2.26. The smallest absolute Gasteiger partial charge is 0.164 e. The summed E-state index contributed by atoms with van der Waals surface area (Å²) in [5, 5.41) is 0.908. The van der Waals surface area contributed by atoms with Crippen molar-refractivity contribution in [3.8, 4) is 5.75 Å². The minimum atomic E-state index is -2.97. The number of anilines is 1. The molecule has 1 saturated heterocycles. The summed E-state index contributed by atoms with van der Waals surface area (Å²) in [4.78, 5) is 6.99. The minimum absolute atomic E-state index is 0.0201. The molecule has 0 saturated carbocycles. The number of hydrogen-bond acceptors (Lipinski definition) is 6. The number of benzene rings is 2. The van der Waals surface area contributed by atoms with Crippen LogP contribution in [0.2, 0.25) is 0 Å². The number of sulfone groups is 1. The fourth-order valence-corrected chi connectivity index (χ4v) is 7.44. The van der Waals surface area contributed by atoms with Crippen molar-refractivity contribution in [2.45, 2.75) is 31.7 Å². The molecule has 0 unspecified atom stereocenters. The Bertz CT molecular complexity index is 1030. The third kappa shape index (κ3) is 3.91. The summed E-state index contributed by atoms with van der Waals surface area (Å²) in [7, 11) is -1.31. The molecule has 0 bridgehead atoms. The maximum Gasteiger partial charge on any atom is 0.164 e. The summed E-state index contributed by atoms with van der Waals surface area (Å²) in [5.41, 5.74) is 4.67. The monoisotopic (exact) mass is 416 g/mol. The predicted molar refractivity (Wildman–Crippen MR) is 116 cm³/mol. The Morgan fingerprint density at radius 1 is 1.18 bits per heavy atom. The van der Waals surface area contributed by atoms with E-state index in [-0.39, 0.29) is 22.8 Å². The van der Waals surface area contributed by atoms with Crippen LogP contribution in [0.25, 0.3) is 0 Å². The molecule has 2 aromatic rings. The number of nitrogens with zero attached hydrogens (tertiary/aromatic N) is 2. The van der Waals surface area contributed by atoms with Gasteiger partial charge in [0.25, 0.3) is 0 Å². The highest BCUT2D eigenvalue weighted by atomic mass is 32.2. The van der Waals surface area contributed by atoms with Gasteiger partial charge in [-0.3, -0.25) is 4.99 Å². The molecule has 4 rings (SSSR count). The van der Waals surface area contributed by atoms with Gasteiger partial charge in [0.2, 0.25) is 0 Å². The Hall–Kier alpha value is -1.99. The van der Waals surface area contributed by atoms with E-state index in [1.54, 1.807) is 18.9 Å². The van der Waals surface area contributed by atoms with Gasteiger partial charge in [0.1, 0.15) is 5.75 Å². The van der Waals surface area contributed by atoms with Crippen LogP contribution < -0.4 is 9.64 Å². The van der Waals surface area contributed by atoms with Crippen molar-refractivity contribution < 1.29 is 13.2 Å². The molecule has 148 valence electrons. The highest BCUT2D eigenvalue weighted by Crippen LogP contribution is 2.38. The number of hydrogen-bond donors (Lipinski definition) is 0. The molecule has 2 aliphatic heterocycles.